The van der Waals surface area contributed by atoms with Crippen LogP contribution in [0.1, 0.15) is 13.3 Å². The molecule has 0 aliphatic heterocycles. The van der Waals surface area contributed by atoms with Crippen LogP contribution in [0.2, 0.25) is 0 Å². The van der Waals surface area contributed by atoms with Crippen molar-refractivity contribution in [2.45, 2.75) is 13.3 Å². The summed E-state index contributed by atoms with van der Waals surface area (Å²) >= 11 is 0. The van der Waals surface area contributed by atoms with Crippen molar-refractivity contribution in [3.63, 3.8) is 0 Å². The molecule has 5 nitrogen and oxygen atoms in total. The molecule has 0 spiro atoms. The Bertz CT molecular complexity index is 1270. The van der Waals surface area contributed by atoms with Crippen molar-refractivity contribution in [2.24, 2.45) is 0 Å². The van der Waals surface area contributed by atoms with Gasteiger partial charge in [0.2, 0.25) is 0 Å². The second-order valence-corrected chi connectivity index (χ2v) is 7.39. The predicted molar refractivity (Wildman–Crippen MR) is 137 cm³/mol. The Morgan fingerprint density at radius 3 is 2.44 bits per heavy atom. The molecule has 0 N–H and O–H groups in total. The molecule has 3 rings (SSSR count). The van der Waals surface area contributed by atoms with Gasteiger partial charge in [0, 0.05) is 41.4 Å². The molecule has 1 aliphatic rings. The number of carbonyl (C=O) groups excluding carboxylic acids is 2. The highest BCUT2D eigenvalue weighted by molar-refractivity contribution is 6.00. The Hall–Kier alpha value is -4.38. The first-order valence-corrected chi connectivity index (χ1v) is 10.8. The molecule has 0 aromatic heterocycles. The van der Waals surface area contributed by atoms with Crippen LogP contribution in [-0.4, -0.2) is 19.0 Å². The zero-order chi connectivity index (χ0) is 24.5. The molecule has 0 saturated carbocycles. The third kappa shape index (κ3) is 5.70. The number of ether oxygens (including phenoxy) is 2. The molecule has 0 atom stereocenters. The fraction of sp³-hybridized carbons (Fsp3) is 0.103. The fourth-order valence-corrected chi connectivity index (χ4v) is 3.58. The summed E-state index contributed by atoms with van der Waals surface area (Å²) in [4.78, 5) is 25.6. The van der Waals surface area contributed by atoms with Crippen LogP contribution in [0.3, 0.4) is 0 Å². The first-order chi connectivity index (χ1) is 16.5. The highest BCUT2D eigenvalue weighted by atomic mass is 16.5. The van der Waals surface area contributed by atoms with E-state index in [1.54, 1.807) is 12.1 Å². The molecular formula is C29H27NO4. The van der Waals surface area contributed by atoms with E-state index >= 15 is 0 Å². The van der Waals surface area contributed by atoms with Crippen LogP contribution in [0, 0.1) is 0 Å². The van der Waals surface area contributed by atoms with E-state index in [-0.39, 0.29) is 0 Å². The number of anilines is 1. The molecule has 0 saturated heterocycles. The minimum absolute atomic E-state index is 0.435. The van der Waals surface area contributed by atoms with E-state index in [0.29, 0.717) is 17.9 Å². The van der Waals surface area contributed by atoms with E-state index in [1.807, 2.05) is 80.8 Å². The summed E-state index contributed by atoms with van der Waals surface area (Å²) in [5, 5.41) is 1.73. The molecule has 172 valence electrons. The third-order valence-electron chi connectivity index (χ3n) is 5.17. The van der Waals surface area contributed by atoms with Crippen molar-refractivity contribution < 1.29 is 19.1 Å². The number of fused-ring (bicyclic) bond motifs is 1. The predicted octanol–water partition coefficient (Wildman–Crippen LogP) is 6.33. The fourth-order valence-electron chi connectivity index (χ4n) is 3.58. The average molecular weight is 454 g/mol. The van der Waals surface area contributed by atoms with Crippen LogP contribution >= 0.6 is 0 Å². The standard InChI is InChI=1S/C29H27NO4/c1-5-8-17-25(21-13-9-10-14-22(20-21)33-28(31)6-2)30(4)26-18-11-16-24-23(26)15-12-19-27(24)34-29(32)7-3/h5-12,14-20H,2-3,13H2,1,4H3/b8-5-,25-17+. The highest BCUT2D eigenvalue weighted by Crippen LogP contribution is 2.36. The maximum absolute atomic E-state index is 11.8. The lowest BCUT2D eigenvalue weighted by Gasteiger charge is -2.26. The van der Waals surface area contributed by atoms with E-state index in [4.69, 9.17) is 9.47 Å². The first kappa shape index (κ1) is 24.3. The monoisotopic (exact) mass is 453 g/mol. The van der Waals surface area contributed by atoms with Gasteiger partial charge in [-0.1, -0.05) is 61.7 Å². The molecular weight excluding hydrogens is 426 g/mol. The second-order valence-electron chi connectivity index (χ2n) is 7.39. The Balaban J connectivity index is 2.09. The van der Waals surface area contributed by atoms with Crippen LogP contribution in [0.4, 0.5) is 5.69 Å². The van der Waals surface area contributed by atoms with Gasteiger partial charge in [-0.2, -0.15) is 0 Å². The van der Waals surface area contributed by atoms with E-state index < -0.39 is 11.9 Å². The molecule has 5 heteroatoms. The summed E-state index contributed by atoms with van der Waals surface area (Å²) in [6.07, 6.45) is 16.3. The number of hydrogen-bond donors (Lipinski definition) is 0. The van der Waals surface area contributed by atoms with Gasteiger partial charge in [0.1, 0.15) is 11.5 Å². The minimum atomic E-state index is -0.514. The summed E-state index contributed by atoms with van der Waals surface area (Å²) in [5.74, 6) is -0.122. The molecule has 2 aromatic carbocycles. The van der Waals surface area contributed by atoms with Crippen LogP contribution in [0.5, 0.6) is 5.75 Å². The number of esters is 2. The molecule has 0 heterocycles. The zero-order valence-electron chi connectivity index (χ0n) is 19.4. The largest absolute Gasteiger partial charge is 0.423 e. The molecule has 1 aliphatic carbocycles. The van der Waals surface area contributed by atoms with Crippen molar-refractivity contribution in [1.82, 2.24) is 0 Å². The third-order valence-corrected chi connectivity index (χ3v) is 5.17. The van der Waals surface area contributed by atoms with Gasteiger partial charge in [-0.05, 0) is 49.3 Å². The summed E-state index contributed by atoms with van der Waals surface area (Å²) < 4.78 is 10.8. The van der Waals surface area contributed by atoms with E-state index in [2.05, 4.69) is 18.1 Å². The van der Waals surface area contributed by atoms with Gasteiger partial charge < -0.3 is 14.4 Å². The van der Waals surface area contributed by atoms with E-state index in [9.17, 15) is 9.59 Å². The number of hydrogen-bond acceptors (Lipinski definition) is 5. The van der Waals surface area contributed by atoms with Crippen LogP contribution in [0.15, 0.2) is 121 Å². The molecule has 0 bridgehead atoms. The zero-order valence-corrected chi connectivity index (χ0v) is 19.4. The minimum Gasteiger partial charge on any atom is -0.423 e. The lowest BCUT2D eigenvalue weighted by molar-refractivity contribution is -0.133. The van der Waals surface area contributed by atoms with Crippen molar-refractivity contribution in [1.29, 1.82) is 0 Å². The Labute approximate surface area is 200 Å². The number of nitrogens with zero attached hydrogens (tertiary/aromatic N) is 1. The molecule has 34 heavy (non-hydrogen) atoms. The summed E-state index contributed by atoms with van der Waals surface area (Å²) in [6, 6.07) is 11.4. The lowest BCUT2D eigenvalue weighted by atomic mass is 10.0. The smallest absolute Gasteiger partial charge is 0.335 e. The van der Waals surface area contributed by atoms with Gasteiger partial charge in [-0.3, -0.25) is 0 Å². The van der Waals surface area contributed by atoms with Crippen LogP contribution in [0.25, 0.3) is 10.8 Å². The number of benzene rings is 2. The molecule has 0 unspecified atom stereocenters. The lowest BCUT2D eigenvalue weighted by Crippen LogP contribution is -2.18. The van der Waals surface area contributed by atoms with Gasteiger partial charge in [-0.25, -0.2) is 9.59 Å². The Morgan fingerprint density at radius 2 is 1.71 bits per heavy atom. The second kappa shape index (κ2) is 11.5. The van der Waals surface area contributed by atoms with Crippen LogP contribution in [-0.2, 0) is 14.3 Å². The highest BCUT2D eigenvalue weighted by Gasteiger charge is 2.17. The molecule has 0 radical (unpaired) electrons. The number of likely N-dealkylation sites (N-methyl/N-ethyl adjacent to an activating group) is 1. The van der Waals surface area contributed by atoms with Gasteiger partial charge in [0.25, 0.3) is 0 Å². The Kier molecular flexibility index (Phi) is 8.19. The van der Waals surface area contributed by atoms with Crippen LogP contribution < -0.4 is 9.64 Å². The van der Waals surface area contributed by atoms with Crippen molar-refractivity contribution in [2.75, 3.05) is 11.9 Å². The normalized spacial score (nSPS) is 13.6. The number of allylic oxidation sites excluding steroid dienone is 8. The average Bonchev–Trinajstić information content (AvgIpc) is 3.09. The molecule has 0 amide bonds. The summed E-state index contributed by atoms with van der Waals surface area (Å²) in [6.45, 7) is 8.89. The van der Waals surface area contributed by atoms with Crippen molar-refractivity contribution >= 4 is 28.4 Å². The summed E-state index contributed by atoms with van der Waals surface area (Å²) in [7, 11) is 1.97. The van der Waals surface area contributed by atoms with Gasteiger partial charge in [0.15, 0.2) is 0 Å². The molecule has 0 fully saturated rings. The quantitative estimate of drug-likeness (QED) is 0.202. The topological polar surface area (TPSA) is 55.8 Å². The van der Waals surface area contributed by atoms with Gasteiger partial charge in [0.05, 0.1) is 0 Å². The van der Waals surface area contributed by atoms with E-state index in [1.165, 1.54) is 0 Å². The number of rotatable bonds is 8. The summed E-state index contributed by atoms with van der Waals surface area (Å²) in [5.41, 5.74) is 2.81. The van der Waals surface area contributed by atoms with Crippen molar-refractivity contribution in [3.8, 4) is 5.75 Å². The maximum Gasteiger partial charge on any atom is 0.335 e. The van der Waals surface area contributed by atoms with E-state index in [0.717, 1.165) is 39.9 Å². The first-order valence-electron chi connectivity index (χ1n) is 10.8. The molecule has 2 aromatic rings. The van der Waals surface area contributed by atoms with Crippen molar-refractivity contribution in [3.05, 3.63) is 121 Å². The maximum atomic E-state index is 11.8. The van der Waals surface area contributed by atoms with Gasteiger partial charge in [-0.15, -0.1) is 0 Å². The van der Waals surface area contributed by atoms with Gasteiger partial charge >= 0.3 is 11.9 Å². The Morgan fingerprint density at radius 1 is 1.00 bits per heavy atom. The SMILES string of the molecule is C=CC(=O)OC1=CC=CCC(/C(=C\C=C/C)N(C)c2cccc3c(OC(=O)C=C)cccc23)=C1. The number of carbonyl (C=O) groups is 2.